The summed E-state index contributed by atoms with van der Waals surface area (Å²) in [4.78, 5) is 27.5. The van der Waals surface area contributed by atoms with Crippen LogP contribution >= 0.6 is 11.3 Å². The normalized spacial score (nSPS) is 15.5. The van der Waals surface area contributed by atoms with E-state index in [4.69, 9.17) is 9.47 Å². The van der Waals surface area contributed by atoms with Crippen LogP contribution in [0.2, 0.25) is 0 Å². The fourth-order valence-corrected chi connectivity index (χ4v) is 4.75. The van der Waals surface area contributed by atoms with E-state index < -0.39 is 5.97 Å². The number of nitriles is 1. The van der Waals surface area contributed by atoms with Gasteiger partial charge in [-0.2, -0.15) is 5.26 Å². The number of thiazole rings is 1. The minimum absolute atomic E-state index is 0.00489. The van der Waals surface area contributed by atoms with Crippen LogP contribution in [0.25, 0.3) is 11.8 Å². The highest BCUT2D eigenvalue weighted by atomic mass is 32.1. The second kappa shape index (κ2) is 12.9. The monoisotopic (exact) mass is 482 g/mol. The zero-order chi connectivity index (χ0) is 24.3. The number of hydrogen-bond donors (Lipinski definition) is 1. The number of ether oxygens (including phenoxy) is 2. The molecule has 1 aliphatic rings. The zero-order valence-corrected chi connectivity index (χ0v) is 20.2. The maximum absolute atomic E-state index is 12.9. The number of nitrogens with one attached hydrogen (secondary N) is 1. The van der Waals surface area contributed by atoms with Crippen LogP contribution in [0.15, 0.2) is 41.7 Å². The lowest BCUT2D eigenvalue weighted by Crippen LogP contribution is -2.36. The quantitative estimate of drug-likeness (QED) is 0.404. The highest BCUT2D eigenvalue weighted by molar-refractivity contribution is 7.07. The van der Waals surface area contributed by atoms with Gasteiger partial charge in [0.25, 0.3) is 5.56 Å². The molecule has 0 spiro atoms. The molecular weight excluding hydrogens is 452 g/mol. The number of aromatic nitrogens is 1. The SMILES string of the molecule is C=CCOC(=O)C(C#N)=c1sc(=CNc2cccc(CCCN3CCOCC3)c2)c(=O)n1CC. The Morgan fingerprint density at radius 3 is 2.88 bits per heavy atom. The summed E-state index contributed by atoms with van der Waals surface area (Å²) in [6.07, 6.45) is 5.08. The number of carbonyl (C=O) groups is 1. The predicted molar refractivity (Wildman–Crippen MR) is 134 cm³/mol. The molecule has 0 aliphatic carbocycles. The molecular formula is C25H30N4O4S. The van der Waals surface area contributed by atoms with E-state index in [1.807, 2.05) is 18.2 Å². The predicted octanol–water partition coefficient (Wildman–Crippen LogP) is 1.45. The van der Waals surface area contributed by atoms with E-state index in [0.717, 1.165) is 62.7 Å². The van der Waals surface area contributed by atoms with Gasteiger partial charge in [0.15, 0.2) is 5.57 Å². The van der Waals surface area contributed by atoms with Gasteiger partial charge in [0, 0.05) is 31.5 Å². The number of morpholine rings is 1. The van der Waals surface area contributed by atoms with Crippen molar-refractivity contribution in [2.45, 2.75) is 26.3 Å². The minimum atomic E-state index is -0.768. The van der Waals surface area contributed by atoms with Crippen molar-refractivity contribution in [1.82, 2.24) is 9.47 Å². The summed E-state index contributed by atoms with van der Waals surface area (Å²) in [5, 5.41) is 12.7. The Morgan fingerprint density at radius 2 is 2.18 bits per heavy atom. The van der Waals surface area contributed by atoms with Crippen molar-refractivity contribution in [2.24, 2.45) is 0 Å². The Bertz CT molecular complexity index is 1220. The molecule has 0 saturated carbocycles. The molecule has 0 radical (unpaired) electrons. The van der Waals surface area contributed by atoms with Crippen molar-refractivity contribution in [3.05, 3.63) is 62.0 Å². The van der Waals surface area contributed by atoms with Crippen molar-refractivity contribution in [3.8, 4) is 6.07 Å². The summed E-state index contributed by atoms with van der Waals surface area (Å²) in [5.41, 5.74) is 1.64. The molecule has 0 unspecified atom stereocenters. The molecule has 1 aromatic heterocycles. The van der Waals surface area contributed by atoms with E-state index in [-0.39, 0.29) is 22.4 Å². The number of anilines is 1. The molecule has 0 bridgehead atoms. The summed E-state index contributed by atoms with van der Waals surface area (Å²) in [5.74, 6) is -0.768. The van der Waals surface area contributed by atoms with Crippen LogP contribution in [0.5, 0.6) is 0 Å². The third kappa shape index (κ3) is 6.67. The van der Waals surface area contributed by atoms with Gasteiger partial charge in [-0.3, -0.25) is 14.3 Å². The van der Waals surface area contributed by atoms with E-state index in [1.54, 1.807) is 13.1 Å². The Kier molecular flexibility index (Phi) is 9.64. The molecule has 2 heterocycles. The average Bonchev–Trinajstić information content (AvgIpc) is 3.17. The molecule has 1 aliphatic heterocycles. The van der Waals surface area contributed by atoms with Gasteiger partial charge < -0.3 is 14.8 Å². The lowest BCUT2D eigenvalue weighted by molar-refractivity contribution is -0.135. The van der Waals surface area contributed by atoms with Crippen LogP contribution in [0.1, 0.15) is 18.9 Å². The van der Waals surface area contributed by atoms with E-state index >= 15 is 0 Å². The number of benzene rings is 1. The van der Waals surface area contributed by atoms with E-state index in [9.17, 15) is 14.9 Å². The first-order chi connectivity index (χ1) is 16.6. The van der Waals surface area contributed by atoms with E-state index in [1.165, 1.54) is 16.2 Å². The largest absolute Gasteiger partial charge is 0.457 e. The van der Waals surface area contributed by atoms with Crippen molar-refractivity contribution in [2.75, 3.05) is 44.8 Å². The van der Waals surface area contributed by atoms with Gasteiger partial charge in [-0.15, -0.1) is 11.3 Å². The molecule has 1 aromatic carbocycles. The second-order valence-electron chi connectivity index (χ2n) is 7.74. The fourth-order valence-electron chi connectivity index (χ4n) is 3.68. The number of nitrogens with zero attached hydrogens (tertiary/aromatic N) is 3. The Hall–Kier alpha value is -3.19. The van der Waals surface area contributed by atoms with Crippen molar-refractivity contribution in [1.29, 1.82) is 5.26 Å². The molecule has 1 N–H and O–H groups in total. The Labute approximate surface area is 203 Å². The summed E-state index contributed by atoms with van der Waals surface area (Å²) in [6, 6.07) is 9.98. The molecule has 2 aromatic rings. The Balaban J connectivity index is 1.76. The molecule has 9 heteroatoms. The summed E-state index contributed by atoms with van der Waals surface area (Å²) in [6.45, 7) is 10.3. The average molecular weight is 483 g/mol. The number of carbonyl (C=O) groups excluding carboxylic acids is 1. The number of hydrogen-bond acceptors (Lipinski definition) is 8. The third-order valence-electron chi connectivity index (χ3n) is 5.43. The maximum Gasteiger partial charge on any atom is 0.352 e. The van der Waals surface area contributed by atoms with Crippen LogP contribution in [-0.2, 0) is 27.2 Å². The topological polar surface area (TPSA) is 96.6 Å². The van der Waals surface area contributed by atoms with Gasteiger partial charge in [-0.05, 0) is 44.0 Å². The highest BCUT2D eigenvalue weighted by Gasteiger charge is 2.16. The van der Waals surface area contributed by atoms with Gasteiger partial charge in [0.05, 0.1) is 13.2 Å². The molecule has 1 fully saturated rings. The molecule has 3 rings (SSSR count). The summed E-state index contributed by atoms with van der Waals surface area (Å²) in [7, 11) is 0. The number of esters is 1. The van der Waals surface area contributed by atoms with Crippen LogP contribution in [-0.4, -0.2) is 54.9 Å². The molecule has 34 heavy (non-hydrogen) atoms. The smallest absolute Gasteiger partial charge is 0.352 e. The number of rotatable bonds is 10. The van der Waals surface area contributed by atoms with Crippen molar-refractivity contribution >= 4 is 34.8 Å². The minimum Gasteiger partial charge on any atom is -0.457 e. The number of aryl methyl sites for hydroxylation is 1. The van der Waals surface area contributed by atoms with Crippen LogP contribution in [0, 0.1) is 11.3 Å². The first-order valence-electron chi connectivity index (χ1n) is 11.3. The van der Waals surface area contributed by atoms with Crippen LogP contribution in [0.3, 0.4) is 0 Å². The summed E-state index contributed by atoms with van der Waals surface area (Å²) >= 11 is 1.09. The molecule has 180 valence electrons. The second-order valence-corrected chi connectivity index (χ2v) is 8.77. The molecule has 0 amide bonds. The van der Waals surface area contributed by atoms with Crippen molar-refractivity contribution in [3.63, 3.8) is 0 Å². The van der Waals surface area contributed by atoms with Crippen molar-refractivity contribution < 1.29 is 14.3 Å². The van der Waals surface area contributed by atoms with Crippen LogP contribution in [0.4, 0.5) is 5.69 Å². The summed E-state index contributed by atoms with van der Waals surface area (Å²) < 4.78 is 12.5. The fraction of sp³-hybridized carbons (Fsp3) is 0.400. The third-order valence-corrected chi connectivity index (χ3v) is 6.56. The lowest BCUT2D eigenvalue weighted by Gasteiger charge is -2.26. The first kappa shape index (κ1) is 25.4. The molecule has 1 saturated heterocycles. The van der Waals surface area contributed by atoms with Gasteiger partial charge in [-0.25, -0.2) is 4.79 Å². The zero-order valence-electron chi connectivity index (χ0n) is 19.4. The lowest BCUT2D eigenvalue weighted by atomic mass is 10.1. The van der Waals surface area contributed by atoms with Gasteiger partial charge in [0.2, 0.25) is 0 Å². The van der Waals surface area contributed by atoms with Gasteiger partial charge in [-0.1, -0.05) is 24.8 Å². The van der Waals surface area contributed by atoms with Gasteiger partial charge in [0.1, 0.15) is 21.9 Å². The standard InChI is InChI=1S/C25H30N4O4S/c1-3-13-33-25(31)21(17-26)24-29(4-2)23(30)22(34-24)18-27-20-9-5-7-19(16-20)8-6-10-28-11-14-32-15-12-28/h3,5,7,9,16,18,27H,1,4,6,8,10-15H2,2H3. The highest BCUT2D eigenvalue weighted by Crippen LogP contribution is 2.13. The van der Waals surface area contributed by atoms with E-state index in [2.05, 4.69) is 28.9 Å². The van der Waals surface area contributed by atoms with Gasteiger partial charge >= 0.3 is 5.97 Å². The molecule has 0 atom stereocenters. The maximum atomic E-state index is 12.9. The van der Waals surface area contributed by atoms with E-state index in [0.29, 0.717) is 11.1 Å². The Morgan fingerprint density at radius 1 is 1.38 bits per heavy atom. The molecule has 8 nitrogen and oxygen atoms in total. The first-order valence-corrected chi connectivity index (χ1v) is 12.2. The van der Waals surface area contributed by atoms with Crippen LogP contribution < -0.4 is 20.1 Å².